The average Bonchev–Trinajstić information content (AvgIpc) is 2.53. The highest BCUT2D eigenvalue weighted by molar-refractivity contribution is 9.10. The summed E-state index contributed by atoms with van der Waals surface area (Å²) < 4.78 is 19.2. The molecule has 0 unspecified atom stereocenters. The molecule has 0 aliphatic rings. The summed E-state index contributed by atoms with van der Waals surface area (Å²) in [7, 11) is 0. The van der Waals surface area contributed by atoms with Crippen LogP contribution >= 0.6 is 15.9 Å². The van der Waals surface area contributed by atoms with Crippen molar-refractivity contribution in [3.8, 4) is 5.75 Å². The van der Waals surface area contributed by atoms with E-state index in [2.05, 4.69) is 21.2 Å². The third-order valence-corrected chi connectivity index (χ3v) is 3.75. The van der Waals surface area contributed by atoms with Crippen molar-refractivity contribution in [3.05, 3.63) is 68.4 Å². The highest BCUT2D eigenvalue weighted by Gasteiger charge is 2.17. The summed E-state index contributed by atoms with van der Waals surface area (Å²) in [4.78, 5) is 22.1. The van der Waals surface area contributed by atoms with Gasteiger partial charge in [-0.3, -0.25) is 14.9 Å². The maximum atomic E-state index is 13.2. The van der Waals surface area contributed by atoms with Crippen molar-refractivity contribution in [2.75, 3.05) is 6.61 Å². The van der Waals surface area contributed by atoms with Crippen LogP contribution in [0.1, 0.15) is 18.5 Å². The van der Waals surface area contributed by atoms with E-state index in [1.54, 1.807) is 6.92 Å². The van der Waals surface area contributed by atoms with E-state index < -0.39 is 28.9 Å². The van der Waals surface area contributed by atoms with Crippen LogP contribution in [-0.2, 0) is 4.79 Å². The Kier molecular flexibility index (Phi) is 5.86. The third kappa shape index (κ3) is 4.76. The Balaban J connectivity index is 1.97. The number of hydrogen-bond donors (Lipinski definition) is 1. The molecule has 2 rings (SSSR count). The summed E-state index contributed by atoms with van der Waals surface area (Å²) in [5.41, 5.74) is 0.494. The minimum absolute atomic E-state index is 0.267. The fourth-order valence-electron chi connectivity index (χ4n) is 2.02. The normalized spacial score (nSPS) is 11.6. The maximum Gasteiger partial charge on any atom is 0.311 e. The van der Waals surface area contributed by atoms with Gasteiger partial charge < -0.3 is 10.1 Å². The van der Waals surface area contributed by atoms with Crippen molar-refractivity contribution in [1.29, 1.82) is 0 Å². The molecule has 126 valence electrons. The first kappa shape index (κ1) is 17.9. The van der Waals surface area contributed by atoms with Crippen LogP contribution < -0.4 is 10.1 Å². The standard InChI is InChI=1S/C16H14BrFN2O4/c1-10(11-2-4-12(17)5-3-11)19-16(21)9-24-15-8-13(18)6-7-14(15)20(22)23/h2-8,10H,9H2,1H3,(H,19,21)/t10-/m0/s1. The topological polar surface area (TPSA) is 81.5 Å². The Labute approximate surface area is 145 Å². The SMILES string of the molecule is C[C@H](NC(=O)COc1cc(F)ccc1[N+](=O)[O-])c1ccc(Br)cc1. The second-order valence-corrected chi connectivity index (χ2v) is 5.91. The van der Waals surface area contributed by atoms with Crippen molar-refractivity contribution in [3.63, 3.8) is 0 Å². The van der Waals surface area contributed by atoms with Gasteiger partial charge in [-0.15, -0.1) is 0 Å². The Morgan fingerprint density at radius 2 is 2.00 bits per heavy atom. The number of nitrogens with zero attached hydrogens (tertiary/aromatic N) is 1. The fraction of sp³-hybridized carbons (Fsp3) is 0.188. The zero-order chi connectivity index (χ0) is 17.7. The summed E-state index contributed by atoms with van der Waals surface area (Å²) in [6, 6.07) is 9.98. The van der Waals surface area contributed by atoms with Gasteiger partial charge in [0.25, 0.3) is 5.91 Å². The molecular weight excluding hydrogens is 383 g/mol. The van der Waals surface area contributed by atoms with E-state index in [1.807, 2.05) is 24.3 Å². The number of rotatable bonds is 6. The number of nitro benzene ring substituents is 1. The van der Waals surface area contributed by atoms with Crippen molar-refractivity contribution >= 4 is 27.5 Å². The number of hydrogen-bond acceptors (Lipinski definition) is 4. The van der Waals surface area contributed by atoms with Gasteiger partial charge in [0.15, 0.2) is 6.61 Å². The summed E-state index contributed by atoms with van der Waals surface area (Å²) in [6.07, 6.45) is 0. The number of carbonyl (C=O) groups excluding carboxylic acids is 1. The van der Waals surface area contributed by atoms with Crippen LogP contribution in [-0.4, -0.2) is 17.4 Å². The molecule has 0 fully saturated rings. The lowest BCUT2D eigenvalue weighted by atomic mass is 10.1. The highest BCUT2D eigenvalue weighted by atomic mass is 79.9. The third-order valence-electron chi connectivity index (χ3n) is 3.22. The zero-order valence-electron chi connectivity index (χ0n) is 12.7. The monoisotopic (exact) mass is 396 g/mol. The largest absolute Gasteiger partial charge is 0.477 e. The quantitative estimate of drug-likeness (QED) is 0.595. The Morgan fingerprint density at radius 3 is 2.62 bits per heavy atom. The maximum absolute atomic E-state index is 13.2. The second-order valence-electron chi connectivity index (χ2n) is 5.00. The predicted molar refractivity (Wildman–Crippen MR) is 89.2 cm³/mol. The first-order chi connectivity index (χ1) is 11.4. The second kappa shape index (κ2) is 7.87. The van der Waals surface area contributed by atoms with Crippen LogP contribution in [0.15, 0.2) is 46.9 Å². The molecule has 1 atom stereocenters. The molecule has 0 heterocycles. The molecule has 8 heteroatoms. The number of halogens is 2. The summed E-state index contributed by atoms with van der Waals surface area (Å²) in [5.74, 6) is -1.44. The molecule has 0 saturated carbocycles. The highest BCUT2D eigenvalue weighted by Crippen LogP contribution is 2.27. The van der Waals surface area contributed by atoms with Crippen LogP contribution in [0.3, 0.4) is 0 Å². The molecule has 0 spiro atoms. The van der Waals surface area contributed by atoms with E-state index in [4.69, 9.17) is 4.74 Å². The predicted octanol–water partition coefficient (Wildman–Crippen LogP) is 3.75. The minimum atomic E-state index is -0.697. The molecule has 0 aliphatic heterocycles. The van der Waals surface area contributed by atoms with E-state index in [9.17, 15) is 19.3 Å². The number of amides is 1. The van der Waals surface area contributed by atoms with Gasteiger partial charge in [-0.05, 0) is 30.7 Å². The van der Waals surface area contributed by atoms with E-state index in [-0.39, 0.29) is 11.8 Å². The molecule has 1 N–H and O–H groups in total. The van der Waals surface area contributed by atoms with Crippen molar-refractivity contribution < 1.29 is 18.8 Å². The first-order valence-electron chi connectivity index (χ1n) is 6.98. The first-order valence-corrected chi connectivity index (χ1v) is 7.77. The van der Waals surface area contributed by atoms with Gasteiger partial charge in [0, 0.05) is 16.6 Å². The van der Waals surface area contributed by atoms with Crippen molar-refractivity contribution in [1.82, 2.24) is 5.32 Å². The van der Waals surface area contributed by atoms with E-state index in [0.717, 1.165) is 28.2 Å². The number of nitrogens with one attached hydrogen (secondary N) is 1. The van der Waals surface area contributed by atoms with Crippen LogP contribution in [0.25, 0.3) is 0 Å². The zero-order valence-corrected chi connectivity index (χ0v) is 14.2. The van der Waals surface area contributed by atoms with Gasteiger partial charge in [-0.2, -0.15) is 0 Å². The number of carbonyl (C=O) groups is 1. The molecule has 6 nitrogen and oxygen atoms in total. The Morgan fingerprint density at radius 1 is 1.33 bits per heavy atom. The summed E-state index contributed by atoms with van der Waals surface area (Å²) in [6.45, 7) is 1.34. The number of ether oxygens (including phenoxy) is 1. The van der Waals surface area contributed by atoms with E-state index in [1.165, 1.54) is 0 Å². The van der Waals surface area contributed by atoms with Gasteiger partial charge in [0.1, 0.15) is 5.82 Å². The van der Waals surface area contributed by atoms with Gasteiger partial charge in [0.05, 0.1) is 11.0 Å². The summed E-state index contributed by atoms with van der Waals surface area (Å²) >= 11 is 3.33. The molecule has 0 radical (unpaired) electrons. The molecular formula is C16H14BrFN2O4. The molecule has 0 bridgehead atoms. The van der Waals surface area contributed by atoms with Gasteiger partial charge in [-0.1, -0.05) is 28.1 Å². The van der Waals surface area contributed by atoms with Gasteiger partial charge >= 0.3 is 5.69 Å². The van der Waals surface area contributed by atoms with E-state index in [0.29, 0.717) is 0 Å². The number of nitro groups is 1. The van der Waals surface area contributed by atoms with Crippen molar-refractivity contribution in [2.45, 2.75) is 13.0 Å². The molecule has 2 aromatic rings. The van der Waals surface area contributed by atoms with Gasteiger partial charge in [-0.25, -0.2) is 4.39 Å². The molecule has 0 aromatic heterocycles. The smallest absolute Gasteiger partial charge is 0.311 e. The van der Waals surface area contributed by atoms with Crippen molar-refractivity contribution in [2.24, 2.45) is 0 Å². The van der Waals surface area contributed by atoms with Crippen LogP contribution in [0.5, 0.6) is 5.75 Å². The van der Waals surface area contributed by atoms with Crippen LogP contribution in [0, 0.1) is 15.9 Å². The molecule has 24 heavy (non-hydrogen) atoms. The van der Waals surface area contributed by atoms with E-state index >= 15 is 0 Å². The lowest BCUT2D eigenvalue weighted by Crippen LogP contribution is -2.31. The molecule has 0 saturated heterocycles. The lowest BCUT2D eigenvalue weighted by molar-refractivity contribution is -0.385. The fourth-order valence-corrected chi connectivity index (χ4v) is 2.28. The molecule has 0 aliphatic carbocycles. The average molecular weight is 397 g/mol. The van der Waals surface area contributed by atoms with Crippen LogP contribution in [0.4, 0.5) is 10.1 Å². The van der Waals surface area contributed by atoms with Crippen LogP contribution in [0.2, 0.25) is 0 Å². The van der Waals surface area contributed by atoms with Gasteiger partial charge in [0.2, 0.25) is 5.75 Å². The Hall–Kier alpha value is -2.48. The molecule has 2 aromatic carbocycles. The molecule has 1 amide bonds. The number of benzene rings is 2. The minimum Gasteiger partial charge on any atom is -0.477 e. The lowest BCUT2D eigenvalue weighted by Gasteiger charge is -2.15. The Bertz CT molecular complexity index is 752. The summed E-state index contributed by atoms with van der Waals surface area (Å²) in [5, 5.41) is 13.6.